The molecule has 0 unspecified atom stereocenters. The molecule has 2 aromatic carbocycles. The summed E-state index contributed by atoms with van der Waals surface area (Å²) in [5.41, 5.74) is 0. The van der Waals surface area contributed by atoms with Gasteiger partial charge in [0, 0.05) is 14.1 Å². The normalized spacial score (nSPS) is 5.84. The Kier molecular flexibility index (Phi) is 49.5. The average molecular weight is 347 g/mol. The molecule has 0 spiro atoms. The quantitative estimate of drug-likeness (QED) is 0.460. The molecule has 0 fully saturated rings. The van der Waals surface area contributed by atoms with E-state index in [0.717, 1.165) is 18.6 Å². The molecule has 6 nitrogen and oxygen atoms in total. The van der Waals surface area contributed by atoms with E-state index in [-0.39, 0.29) is 14.9 Å². The lowest BCUT2D eigenvalue weighted by Crippen LogP contribution is -2.06. The lowest BCUT2D eigenvalue weighted by atomic mass is 10.4. The van der Waals surface area contributed by atoms with Gasteiger partial charge in [0.15, 0.2) is 0 Å². The lowest BCUT2D eigenvalue weighted by Gasteiger charge is -1.93. The van der Waals surface area contributed by atoms with E-state index in [1.165, 1.54) is 4.90 Å². The third-order valence-electron chi connectivity index (χ3n) is 1.54. The second-order valence-electron chi connectivity index (χ2n) is 3.58. The molecule has 2 N–H and O–H groups in total. The molecule has 0 atom stereocenters. The zero-order chi connectivity index (χ0) is 18.2. The fraction of sp³-hybridized carbons (Fsp3) is 0.211. The van der Waals surface area contributed by atoms with Crippen molar-refractivity contribution in [2.24, 2.45) is 0 Å². The van der Waals surface area contributed by atoms with Crippen LogP contribution < -0.4 is 0 Å². The van der Waals surface area contributed by atoms with Gasteiger partial charge < -0.3 is 4.90 Å². The van der Waals surface area contributed by atoms with E-state index < -0.39 is 0 Å². The van der Waals surface area contributed by atoms with Gasteiger partial charge in [-0.15, -0.1) is 0 Å². The molecule has 2 rings (SSSR count). The van der Waals surface area contributed by atoms with Gasteiger partial charge in [0.2, 0.25) is 18.6 Å². The van der Waals surface area contributed by atoms with Crippen LogP contribution in [0.4, 0.5) is 0 Å². The van der Waals surface area contributed by atoms with E-state index in [2.05, 4.69) is 0 Å². The van der Waals surface area contributed by atoms with E-state index in [4.69, 9.17) is 20.4 Å². The number of amides is 1. The molecule has 6 heteroatoms. The maximum Gasteiger partial charge on any atom is 0.231 e. The van der Waals surface area contributed by atoms with E-state index in [9.17, 15) is 4.79 Å². The van der Waals surface area contributed by atoms with Gasteiger partial charge in [0.25, 0.3) is 0 Å². The summed E-state index contributed by atoms with van der Waals surface area (Å²) in [6, 6.07) is 24.0. The van der Waals surface area contributed by atoms with Gasteiger partial charge in [-0.3, -0.25) is 4.79 Å². The van der Waals surface area contributed by atoms with Gasteiger partial charge >= 0.3 is 0 Å². The number of carbonyl (C=O) groups is 1. The largest absolute Gasteiger partial charge is 0.351 e. The van der Waals surface area contributed by atoms with Crippen molar-refractivity contribution in [2.45, 2.75) is 14.9 Å². The zero-order valence-corrected chi connectivity index (χ0v) is 13.2. The minimum Gasteiger partial charge on any atom is -0.351 e. The van der Waals surface area contributed by atoms with Crippen molar-refractivity contribution in [3.8, 4) is 0 Å². The molecule has 0 saturated carbocycles. The Morgan fingerprint density at radius 3 is 0.760 bits per heavy atom. The maximum atomic E-state index is 9.43. The molecule has 0 aliphatic carbocycles. The van der Waals surface area contributed by atoms with E-state index in [1.54, 1.807) is 14.1 Å². The number of isocyanates is 2. The van der Waals surface area contributed by atoms with Crippen LogP contribution in [0.1, 0.15) is 14.9 Å². The molecule has 0 saturated heterocycles. The smallest absolute Gasteiger partial charge is 0.231 e. The summed E-state index contributed by atoms with van der Waals surface area (Å²) < 4.78 is 0. The molecule has 25 heavy (non-hydrogen) atoms. The maximum absolute atomic E-state index is 9.43. The van der Waals surface area contributed by atoms with Crippen molar-refractivity contribution in [2.75, 3.05) is 14.1 Å². The SMILES string of the molecule is C.C.CN(C)C=O.N=C=O.N=C=O.c1ccccc1.c1ccccc1. The molecule has 0 aliphatic rings. The molecule has 138 valence electrons. The summed E-state index contributed by atoms with van der Waals surface area (Å²) in [6.45, 7) is 0. The van der Waals surface area contributed by atoms with Crippen molar-refractivity contribution < 1.29 is 14.4 Å². The highest BCUT2D eigenvalue weighted by atomic mass is 16.1. The highest BCUT2D eigenvalue weighted by Gasteiger charge is 1.68. The van der Waals surface area contributed by atoms with Crippen LogP contribution >= 0.6 is 0 Å². The number of rotatable bonds is 1. The van der Waals surface area contributed by atoms with Crippen LogP contribution in [-0.4, -0.2) is 37.6 Å². The first-order chi connectivity index (χ1) is 11.1. The highest BCUT2D eigenvalue weighted by molar-refractivity contribution is 5.45. The summed E-state index contributed by atoms with van der Waals surface area (Å²) in [6.07, 6.45) is 2.25. The lowest BCUT2D eigenvalue weighted by molar-refractivity contribution is -0.115. The summed E-state index contributed by atoms with van der Waals surface area (Å²) in [7, 11) is 3.38. The second-order valence-corrected chi connectivity index (χ2v) is 3.58. The molecule has 0 aliphatic heterocycles. The molecule has 0 radical (unpaired) electrons. The van der Waals surface area contributed by atoms with Crippen LogP contribution in [0.3, 0.4) is 0 Å². The monoisotopic (exact) mass is 347 g/mol. The first-order valence-electron chi connectivity index (χ1n) is 6.30. The fourth-order valence-corrected chi connectivity index (χ4v) is 0.770. The van der Waals surface area contributed by atoms with E-state index in [0.29, 0.717) is 0 Å². The standard InChI is InChI=1S/2C6H6.C3H7NO.2CHNO.2CH4/c2*1-2-4-6-5-3-1;1-4(2)3-5;2*2-1-3;;/h2*1-6H;3H,1-2H3;2*2H;2*1H4. The van der Waals surface area contributed by atoms with E-state index >= 15 is 0 Å². The molecule has 2 aromatic rings. The van der Waals surface area contributed by atoms with Crippen LogP contribution in [0, 0.1) is 10.8 Å². The predicted molar refractivity (Wildman–Crippen MR) is 103 cm³/mol. The Balaban J connectivity index is -0.0000000676. The number of hydrogen-bond acceptors (Lipinski definition) is 5. The Bertz CT molecular complexity index is 409. The number of nitrogens with zero attached hydrogens (tertiary/aromatic N) is 1. The van der Waals surface area contributed by atoms with Crippen molar-refractivity contribution in [3.63, 3.8) is 0 Å². The van der Waals surface area contributed by atoms with Crippen LogP contribution in [0.15, 0.2) is 72.8 Å². The first kappa shape index (κ1) is 33.3. The number of hydrogen-bond donors (Lipinski definition) is 2. The predicted octanol–water partition coefficient (Wildman–Crippen LogP) is 4.15. The molecular weight excluding hydrogens is 318 g/mol. The van der Waals surface area contributed by atoms with Gasteiger partial charge in [-0.05, 0) is 0 Å². The topological polar surface area (TPSA) is 102 Å². The van der Waals surface area contributed by atoms with Crippen LogP contribution in [-0.2, 0) is 14.4 Å². The molecule has 0 heterocycles. The number of carbonyl (C=O) groups excluding carboxylic acids is 3. The minimum atomic E-state index is 0. The van der Waals surface area contributed by atoms with Gasteiger partial charge in [0.1, 0.15) is 0 Å². The summed E-state index contributed by atoms with van der Waals surface area (Å²) in [5.74, 6) is 0. The highest BCUT2D eigenvalue weighted by Crippen LogP contribution is 1.80. The zero-order valence-electron chi connectivity index (χ0n) is 13.2. The van der Waals surface area contributed by atoms with Crippen molar-refractivity contribution in [1.82, 2.24) is 4.90 Å². The van der Waals surface area contributed by atoms with Crippen LogP contribution in [0.25, 0.3) is 0 Å². The summed E-state index contributed by atoms with van der Waals surface area (Å²) >= 11 is 0. The summed E-state index contributed by atoms with van der Waals surface area (Å²) in [4.78, 5) is 27.6. The molecule has 0 aromatic heterocycles. The Morgan fingerprint density at radius 2 is 0.720 bits per heavy atom. The minimum absolute atomic E-state index is 0. The van der Waals surface area contributed by atoms with Crippen LogP contribution in [0.5, 0.6) is 0 Å². The third-order valence-corrected chi connectivity index (χ3v) is 1.54. The Labute approximate surface area is 151 Å². The van der Waals surface area contributed by atoms with Gasteiger partial charge in [-0.2, -0.15) is 0 Å². The third kappa shape index (κ3) is 63.3. The van der Waals surface area contributed by atoms with Crippen molar-refractivity contribution in [3.05, 3.63) is 72.8 Å². The van der Waals surface area contributed by atoms with Gasteiger partial charge in [-0.1, -0.05) is 87.6 Å². The Hall–Kier alpha value is -3.33. The molecule has 0 bridgehead atoms. The first-order valence-corrected chi connectivity index (χ1v) is 6.30. The van der Waals surface area contributed by atoms with E-state index in [1.807, 2.05) is 72.8 Å². The second kappa shape index (κ2) is 37.2. The van der Waals surface area contributed by atoms with Crippen LogP contribution in [0.2, 0.25) is 0 Å². The van der Waals surface area contributed by atoms with Crippen molar-refractivity contribution in [1.29, 1.82) is 10.8 Å². The molecular formula is C19H29N3O3. The number of nitrogens with one attached hydrogen (secondary N) is 2. The number of benzene rings is 2. The van der Waals surface area contributed by atoms with Gasteiger partial charge in [-0.25, -0.2) is 20.4 Å². The van der Waals surface area contributed by atoms with Gasteiger partial charge in [0.05, 0.1) is 0 Å². The average Bonchev–Trinajstić information content (AvgIpc) is 2.60. The Morgan fingerprint density at radius 1 is 0.640 bits per heavy atom. The fourth-order valence-electron chi connectivity index (χ4n) is 0.770. The van der Waals surface area contributed by atoms with Crippen molar-refractivity contribution >= 4 is 18.6 Å². The molecule has 1 amide bonds. The summed E-state index contributed by atoms with van der Waals surface area (Å²) in [5, 5.41) is 10.8.